The van der Waals surface area contributed by atoms with Crippen molar-refractivity contribution >= 4 is 12.0 Å². The van der Waals surface area contributed by atoms with Gasteiger partial charge in [0.25, 0.3) is 5.56 Å². The molecule has 0 fully saturated rings. The summed E-state index contributed by atoms with van der Waals surface area (Å²) in [5.74, 6) is -1.36. The van der Waals surface area contributed by atoms with Crippen LogP contribution in [0.2, 0.25) is 0 Å². The average molecular weight is 371 g/mol. The number of ether oxygens (including phenoxy) is 1. The molecule has 0 atom stereocenters. The molecule has 26 heavy (non-hydrogen) atoms. The fraction of sp³-hybridized carbons (Fsp3) is 0.647. The Morgan fingerprint density at radius 1 is 1.08 bits per heavy atom. The maximum Gasteiger partial charge on any atom is 0.336 e. The molecule has 0 aliphatic rings. The fourth-order valence-electron chi connectivity index (χ4n) is 2.44. The van der Waals surface area contributed by atoms with E-state index in [0.717, 1.165) is 51.4 Å². The first kappa shape index (κ1) is 21.6. The van der Waals surface area contributed by atoms with Gasteiger partial charge in [-0.1, -0.05) is 38.5 Å². The molecule has 0 saturated heterocycles. The minimum atomic E-state index is -1.19. The van der Waals surface area contributed by atoms with E-state index in [1.807, 2.05) is 0 Å². The molecule has 9 heteroatoms. The number of aromatic nitrogens is 2. The molecular formula is C17H26FN3O5. The number of carbonyl (C=O) groups is 2. The molecule has 1 heterocycles. The maximum absolute atomic E-state index is 13.1. The van der Waals surface area contributed by atoms with Crippen LogP contribution in [0.1, 0.15) is 57.8 Å². The third kappa shape index (κ3) is 8.09. The number of methoxy groups -OCH3 is 1. The summed E-state index contributed by atoms with van der Waals surface area (Å²) in [6.45, 7) is 0.366. The molecular weight excluding hydrogens is 345 g/mol. The molecule has 0 unspecified atom stereocenters. The van der Waals surface area contributed by atoms with Crippen LogP contribution in [0, 0.1) is 5.82 Å². The third-order valence-corrected chi connectivity index (χ3v) is 3.93. The Morgan fingerprint density at radius 3 is 2.27 bits per heavy atom. The summed E-state index contributed by atoms with van der Waals surface area (Å²) in [4.78, 5) is 46.8. The lowest BCUT2D eigenvalue weighted by atomic mass is 10.1. The van der Waals surface area contributed by atoms with Crippen molar-refractivity contribution in [1.82, 2.24) is 14.9 Å². The number of hydrogen-bond donors (Lipinski definition) is 2. The molecule has 0 spiro atoms. The van der Waals surface area contributed by atoms with Gasteiger partial charge in [0.15, 0.2) is 0 Å². The highest BCUT2D eigenvalue weighted by molar-refractivity contribution is 5.76. The lowest BCUT2D eigenvalue weighted by molar-refractivity contribution is -0.140. The third-order valence-electron chi connectivity index (χ3n) is 3.93. The molecule has 1 aromatic rings. The fourth-order valence-corrected chi connectivity index (χ4v) is 2.44. The first-order chi connectivity index (χ1) is 12.5. The summed E-state index contributed by atoms with van der Waals surface area (Å²) < 4.78 is 18.2. The van der Waals surface area contributed by atoms with E-state index >= 15 is 0 Å². The predicted octanol–water partition coefficient (Wildman–Crippen LogP) is 1.92. The minimum absolute atomic E-state index is 0.168. The molecule has 0 aliphatic carbocycles. The van der Waals surface area contributed by atoms with Gasteiger partial charge < -0.3 is 10.1 Å². The summed E-state index contributed by atoms with van der Waals surface area (Å²) in [7, 11) is 1.39. The largest absolute Gasteiger partial charge is 0.469 e. The Bertz CT molecular complexity index is 698. The van der Waals surface area contributed by atoms with Gasteiger partial charge in [-0.3, -0.25) is 14.6 Å². The number of H-pyrrole nitrogens is 1. The van der Waals surface area contributed by atoms with Gasteiger partial charge in [0.05, 0.1) is 13.3 Å². The summed E-state index contributed by atoms with van der Waals surface area (Å²) in [5, 5.41) is 2.51. The molecule has 2 N–H and O–H groups in total. The van der Waals surface area contributed by atoms with Gasteiger partial charge in [-0.2, -0.15) is 4.39 Å². The van der Waals surface area contributed by atoms with E-state index < -0.39 is 23.1 Å². The van der Waals surface area contributed by atoms with Gasteiger partial charge in [-0.15, -0.1) is 0 Å². The monoisotopic (exact) mass is 371 g/mol. The number of amides is 1. The lowest BCUT2D eigenvalue weighted by Crippen LogP contribution is -2.40. The van der Waals surface area contributed by atoms with Gasteiger partial charge in [-0.05, 0) is 12.8 Å². The number of unbranched alkanes of at least 4 members (excludes halogenated alkanes) is 7. The van der Waals surface area contributed by atoms with Crippen molar-refractivity contribution in [2.24, 2.45) is 0 Å². The second kappa shape index (κ2) is 12.0. The Labute approximate surface area is 150 Å². The van der Waals surface area contributed by atoms with Crippen molar-refractivity contribution in [2.45, 2.75) is 57.8 Å². The quantitative estimate of drug-likeness (QED) is 0.456. The second-order valence-electron chi connectivity index (χ2n) is 5.99. The van der Waals surface area contributed by atoms with E-state index in [1.54, 1.807) is 4.98 Å². The van der Waals surface area contributed by atoms with E-state index in [-0.39, 0.29) is 5.97 Å². The van der Waals surface area contributed by atoms with Crippen molar-refractivity contribution in [3.05, 3.63) is 32.9 Å². The molecule has 0 aliphatic heterocycles. The Hall–Kier alpha value is -2.45. The number of hydrogen-bond acceptors (Lipinski definition) is 5. The highest BCUT2D eigenvalue weighted by Crippen LogP contribution is 2.09. The number of esters is 1. The summed E-state index contributed by atoms with van der Waals surface area (Å²) in [6.07, 6.45) is 8.87. The Balaban J connectivity index is 2.06. The molecule has 146 valence electrons. The summed E-state index contributed by atoms with van der Waals surface area (Å²) in [6, 6.07) is -0.768. The van der Waals surface area contributed by atoms with E-state index in [1.165, 1.54) is 7.11 Å². The minimum Gasteiger partial charge on any atom is -0.469 e. The number of halogens is 1. The summed E-state index contributed by atoms with van der Waals surface area (Å²) >= 11 is 0. The molecule has 8 nitrogen and oxygen atoms in total. The highest BCUT2D eigenvalue weighted by atomic mass is 19.1. The number of nitrogens with zero attached hydrogens (tertiary/aromatic N) is 1. The Morgan fingerprint density at radius 2 is 1.65 bits per heavy atom. The smallest absolute Gasteiger partial charge is 0.336 e. The first-order valence-corrected chi connectivity index (χ1v) is 8.82. The SMILES string of the molecule is COC(=O)CCCCCCCCCCNC(=O)n1cc(F)c(=O)[nH]c1=O. The van der Waals surface area contributed by atoms with E-state index in [0.29, 0.717) is 23.7 Å². The maximum atomic E-state index is 13.1. The van der Waals surface area contributed by atoms with Gasteiger partial charge in [0.1, 0.15) is 0 Å². The summed E-state index contributed by atoms with van der Waals surface area (Å²) in [5.41, 5.74) is -2.12. The zero-order valence-corrected chi connectivity index (χ0v) is 15.0. The second-order valence-corrected chi connectivity index (χ2v) is 5.99. The average Bonchev–Trinajstić information content (AvgIpc) is 2.62. The number of aromatic amines is 1. The van der Waals surface area contributed by atoms with Crippen LogP contribution in [-0.2, 0) is 9.53 Å². The molecule has 1 rings (SSSR count). The highest BCUT2D eigenvalue weighted by Gasteiger charge is 2.10. The van der Waals surface area contributed by atoms with Gasteiger partial charge in [0, 0.05) is 13.0 Å². The van der Waals surface area contributed by atoms with Crippen LogP contribution < -0.4 is 16.6 Å². The number of carbonyl (C=O) groups excluding carboxylic acids is 2. The van der Waals surface area contributed by atoms with Crippen LogP contribution in [-0.4, -0.2) is 35.2 Å². The molecule has 0 aromatic carbocycles. The number of rotatable bonds is 11. The van der Waals surface area contributed by atoms with E-state index in [4.69, 9.17) is 0 Å². The number of nitrogens with one attached hydrogen (secondary N) is 2. The van der Waals surface area contributed by atoms with Crippen molar-refractivity contribution in [3.63, 3.8) is 0 Å². The van der Waals surface area contributed by atoms with Crippen molar-refractivity contribution in [3.8, 4) is 0 Å². The van der Waals surface area contributed by atoms with Gasteiger partial charge in [0.2, 0.25) is 5.82 Å². The zero-order chi connectivity index (χ0) is 19.4. The molecule has 1 aromatic heterocycles. The molecule has 0 saturated carbocycles. The van der Waals surface area contributed by atoms with Crippen LogP contribution in [0.15, 0.2) is 15.8 Å². The zero-order valence-electron chi connectivity index (χ0n) is 15.0. The predicted molar refractivity (Wildman–Crippen MR) is 93.6 cm³/mol. The van der Waals surface area contributed by atoms with Crippen molar-refractivity contribution < 1.29 is 18.7 Å². The van der Waals surface area contributed by atoms with Crippen LogP contribution >= 0.6 is 0 Å². The van der Waals surface area contributed by atoms with Crippen LogP contribution in [0.5, 0.6) is 0 Å². The van der Waals surface area contributed by atoms with Crippen LogP contribution in [0.25, 0.3) is 0 Å². The standard InChI is InChI=1S/C17H26FN3O5/c1-26-14(22)10-8-6-4-2-3-5-7-9-11-19-16(24)21-12-13(18)15(23)20-17(21)25/h12H,2-11H2,1H3,(H,19,24)(H,20,23,25). The van der Waals surface area contributed by atoms with Gasteiger partial charge in [-0.25, -0.2) is 14.2 Å². The Kier molecular flexibility index (Phi) is 9.96. The van der Waals surface area contributed by atoms with Crippen molar-refractivity contribution in [1.29, 1.82) is 0 Å². The lowest BCUT2D eigenvalue weighted by Gasteiger charge is -2.06. The normalized spacial score (nSPS) is 10.5. The topological polar surface area (TPSA) is 110 Å². The van der Waals surface area contributed by atoms with Crippen LogP contribution in [0.4, 0.5) is 9.18 Å². The van der Waals surface area contributed by atoms with Crippen LogP contribution in [0.3, 0.4) is 0 Å². The van der Waals surface area contributed by atoms with Crippen molar-refractivity contribution in [2.75, 3.05) is 13.7 Å². The molecule has 0 bridgehead atoms. The molecule has 1 amide bonds. The first-order valence-electron chi connectivity index (χ1n) is 8.82. The van der Waals surface area contributed by atoms with E-state index in [2.05, 4.69) is 10.1 Å². The molecule has 0 radical (unpaired) electrons. The van der Waals surface area contributed by atoms with Gasteiger partial charge >= 0.3 is 17.7 Å². The van der Waals surface area contributed by atoms with E-state index in [9.17, 15) is 23.6 Å².